The molecule has 1 aliphatic rings. The Morgan fingerprint density at radius 2 is 1.63 bits per heavy atom. The van der Waals surface area contributed by atoms with Crippen LogP contribution < -0.4 is 10.6 Å². The molecule has 19 heavy (non-hydrogen) atoms. The van der Waals surface area contributed by atoms with E-state index in [-0.39, 0.29) is 6.04 Å². The Hall–Kier alpha value is -2.06. The van der Waals surface area contributed by atoms with E-state index in [1.54, 1.807) is 0 Å². The van der Waals surface area contributed by atoms with Crippen molar-refractivity contribution in [2.24, 2.45) is 0 Å². The van der Waals surface area contributed by atoms with Gasteiger partial charge in [0.2, 0.25) is 0 Å². The van der Waals surface area contributed by atoms with Crippen LogP contribution in [-0.2, 0) is 0 Å². The number of nitrogens with one attached hydrogen (secondary N) is 2. The Kier molecular flexibility index (Phi) is 3.34. The molecule has 0 radical (unpaired) electrons. The fourth-order valence-corrected chi connectivity index (χ4v) is 2.56. The summed E-state index contributed by atoms with van der Waals surface area (Å²) in [4.78, 5) is 0. The van der Waals surface area contributed by atoms with Crippen LogP contribution in [0.1, 0.15) is 22.7 Å². The third kappa shape index (κ3) is 2.40. The fraction of sp³-hybridized carbons (Fsp3) is 0.176. The number of anilines is 1. The summed E-state index contributed by atoms with van der Waals surface area (Å²) in [5.74, 6) is 0. The monoisotopic (exact) mass is 250 g/mol. The summed E-state index contributed by atoms with van der Waals surface area (Å²) in [6.45, 7) is 0.902. The van der Waals surface area contributed by atoms with Gasteiger partial charge in [-0.1, -0.05) is 54.6 Å². The van der Waals surface area contributed by atoms with Crippen molar-refractivity contribution < 1.29 is 0 Å². The molecule has 2 N–H and O–H groups in total. The van der Waals surface area contributed by atoms with Crippen LogP contribution in [0.25, 0.3) is 12.2 Å². The first-order chi connectivity index (χ1) is 9.38. The van der Waals surface area contributed by atoms with Crippen LogP contribution in [0.2, 0.25) is 0 Å². The van der Waals surface area contributed by atoms with Gasteiger partial charge in [0, 0.05) is 12.2 Å². The zero-order valence-corrected chi connectivity index (χ0v) is 11.1. The Morgan fingerprint density at radius 1 is 0.947 bits per heavy atom. The van der Waals surface area contributed by atoms with Gasteiger partial charge in [0.15, 0.2) is 0 Å². The topological polar surface area (TPSA) is 24.1 Å². The molecule has 3 rings (SSSR count). The second-order valence-corrected chi connectivity index (χ2v) is 4.80. The number of hydrogen-bond donors (Lipinski definition) is 2. The Bertz CT molecular complexity index is 602. The molecule has 0 aliphatic carbocycles. The highest BCUT2D eigenvalue weighted by atomic mass is 15.0. The molecule has 2 heteroatoms. The minimum absolute atomic E-state index is 0.285. The largest absolute Gasteiger partial charge is 0.376 e. The normalized spacial score (nSPS) is 16.8. The van der Waals surface area contributed by atoms with Crippen molar-refractivity contribution >= 4 is 17.8 Å². The minimum atomic E-state index is 0.285. The predicted molar refractivity (Wildman–Crippen MR) is 82.1 cm³/mol. The van der Waals surface area contributed by atoms with E-state index in [0.29, 0.717) is 0 Å². The van der Waals surface area contributed by atoms with Gasteiger partial charge in [0.1, 0.15) is 0 Å². The molecule has 0 amide bonds. The zero-order valence-electron chi connectivity index (χ0n) is 11.1. The number of para-hydroxylation sites is 1. The molecule has 2 aromatic rings. The van der Waals surface area contributed by atoms with Crippen molar-refractivity contribution in [1.82, 2.24) is 5.32 Å². The maximum atomic E-state index is 3.64. The number of fused-ring (bicyclic) bond motifs is 2. The number of benzene rings is 2. The molecule has 0 saturated heterocycles. The van der Waals surface area contributed by atoms with Gasteiger partial charge in [-0.3, -0.25) is 0 Å². The van der Waals surface area contributed by atoms with Crippen LogP contribution in [0.4, 0.5) is 5.69 Å². The Labute approximate surface area is 114 Å². The number of rotatable bonds is 2. The SMILES string of the molecule is CNC[C@H]1Nc2ccccc2C=Cc2ccccc21. The van der Waals surface area contributed by atoms with Crippen molar-refractivity contribution in [1.29, 1.82) is 0 Å². The van der Waals surface area contributed by atoms with Gasteiger partial charge in [-0.2, -0.15) is 0 Å². The molecule has 0 bridgehead atoms. The summed E-state index contributed by atoms with van der Waals surface area (Å²) in [5.41, 5.74) is 5.04. The van der Waals surface area contributed by atoms with E-state index in [0.717, 1.165) is 6.54 Å². The third-order valence-electron chi connectivity index (χ3n) is 3.51. The van der Waals surface area contributed by atoms with Gasteiger partial charge >= 0.3 is 0 Å². The maximum Gasteiger partial charge on any atom is 0.0644 e. The predicted octanol–water partition coefficient (Wildman–Crippen LogP) is 3.54. The molecular weight excluding hydrogens is 232 g/mol. The molecule has 1 aliphatic heterocycles. The lowest BCUT2D eigenvalue weighted by atomic mass is 9.96. The highest BCUT2D eigenvalue weighted by molar-refractivity contribution is 5.79. The number of hydrogen-bond acceptors (Lipinski definition) is 2. The van der Waals surface area contributed by atoms with Crippen molar-refractivity contribution in [2.45, 2.75) is 6.04 Å². The van der Waals surface area contributed by atoms with Crippen LogP contribution in [0.15, 0.2) is 48.5 Å². The van der Waals surface area contributed by atoms with E-state index >= 15 is 0 Å². The average molecular weight is 250 g/mol. The van der Waals surface area contributed by atoms with Crippen LogP contribution in [0, 0.1) is 0 Å². The second-order valence-electron chi connectivity index (χ2n) is 4.80. The molecule has 0 spiro atoms. The van der Waals surface area contributed by atoms with E-state index in [2.05, 4.69) is 71.3 Å². The molecular formula is C17H18N2. The highest BCUT2D eigenvalue weighted by Gasteiger charge is 2.16. The summed E-state index contributed by atoms with van der Waals surface area (Å²) >= 11 is 0. The second kappa shape index (κ2) is 5.29. The van der Waals surface area contributed by atoms with Crippen molar-refractivity contribution in [3.8, 4) is 0 Å². The molecule has 0 fully saturated rings. The quantitative estimate of drug-likeness (QED) is 0.852. The molecule has 2 nitrogen and oxygen atoms in total. The standard InChI is InChI=1S/C17H18N2/c1-18-12-17-15-8-4-2-6-13(15)10-11-14-7-3-5-9-16(14)19-17/h2-11,17-19H,12H2,1H3/t17-/m1/s1. The first kappa shape index (κ1) is 12.0. The first-order valence-electron chi connectivity index (χ1n) is 6.65. The zero-order chi connectivity index (χ0) is 13.1. The van der Waals surface area contributed by atoms with Crippen LogP contribution in [-0.4, -0.2) is 13.6 Å². The number of likely N-dealkylation sites (N-methyl/N-ethyl adjacent to an activating group) is 1. The molecule has 1 atom stereocenters. The van der Waals surface area contributed by atoms with E-state index in [4.69, 9.17) is 0 Å². The summed E-state index contributed by atoms with van der Waals surface area (Å²) < 4.78 is 0. The molecule has 0 aromatic heterocycles. The van der Waals surface area contributed by atoms with Crippen molar-refractivity contribution in [3.05, 3.63) is 65.2 Å². The van der Waals surface area contributed by atoms with Gasteiger partial charge in [0.25, 0.3) is 0 Å². The lowest BCUT2D eigenvalue weighted by molar-refractivity contribution is 0.688. The third-order valence-corrected chi connectivity index (χ3v) is 3.51. The smallest absolute Gasteiger partial charge is 0.0644 e. The lowest BCUT2D eigenvalue weighted by Crippen LogP contribution is -2.25. The highest BCUT2D eigenvalue weighted by Crippen LogP contribution is 2.29. The molecule has 2 aromatic carbocycles. The van der Waals surface area contributed by atoms with Crippen LogP contribution in [0.3, 0.4) is 0 Å². The van der Waals surface area contributed by atoms with Gasteiger partial charge in [-0.15, -0.1) is 0 Å². The van der Waals surface area contributed by atoms with Crippen LogP contribution >= 0.6 is 0 Å². The maximum absolute atomic E-state index is 3.64. The molecule has 96 valence electrons. The Balaban J connectivity index is 2.11. The van der Waals surface area contributed by atoms with Gasteiger partial charge in [-0.05, 0) is 29.8 Å². The summed E-state index contributed by atoms with van der Waals surface area (Å²) in [6, 6.07) is 17.3. The molecule has 0 saturated carbocycles. The fourth-order valence-electron chi connectivity index (χ4n) is 2.56. The summed E-state index contributed by atoms with van der Waals surface area (Å²) in [5, 5.41) is 6.91. The minimum Gasteiger partial charge on any atom is -0.376 e. The average Bonchev–Trinajstić information content (AvgIpc) is 2.44. The van der Waals surface area contributed by atoms with Gasteiger partial charge in [-0.25, -0.2) is 0 Å². The van der Waals surface area contributed by atoms with Crippen molar-refractivity contribution in [3.63, 3.8) is 0 Å². The van der Waals surface area contributed by atoms with E-state index < -0.39 is 0 Å². The van der Waals surface area contributed by atoms with E-state index in [9.17, 15) is 0 Å². The Morgan fingerprint density at radius 3 is 2.47 bits per heavy atom. The van der Waals surface area contributed by atoms with E-state index in [1.807, 2.05) is 7.05 Å². The van der Waals surface area contributed by atoms with Crippen LogP contribution in [0.5, 0.6) is 0 Å². The van der Waals surface area contributed by atoms with Gasteiger partial charge in [0.05, 0.1) is 6.04 Å². The van der Waals surface area contributed by atoms with Gasteiger partial charge < -0.3 is 10.6 Å². The van der Waals surface area contributed by atoms with Crippen molar-refractivity contribution in [2.75, 3.05) is 18.9 Å². The molecule has 0 unspecified atom stereocenters. The first-order valence-corrected chi connectivity index (χ1v) is 6.65. The summed E-state index contributed by atoms with van der Waals surface area (Å²) in [7, 11) is 1.99. The molecule has 1 heterocycles. The lowest BCUT2D eigenvalue weighted by Gasteiger charge is -2.24. The van der Waals surface area contributed by atoms with E-state index in [1.165, 1.54) is 22.4 Å². The summed E-state index contributed by atoms with van der Waals surface area (Å²) in [6.07, 6.45) is 4.38.